The van der Waals surface area contributed by atoms with Crippen molar-refractivity contribution in [2.45, 2.75) is 129 Å². The number of unbranched alkanes of at least 4 members (excludes halogenated alkanes) is 14. The van der Waals surface area contributed by atoms with Gasteiger partial charge in [0.2, 0.25) is 0 Å². The van der Waals surface area contributed by atoms with Crippen LogP contribution >= 0.6 is 0 Å². The summed E-state index contributed by atoms with van der Waals surface area (Å²) in [6, 6.07) is 0. The molecule has 0 aliphatic carbocycles. The molecular weight excluding hydrogens is 512 g/mol. The molecule has 1 atom stereocenters. The zero-order chi connectivity index (χ0) is 29.9. The smallest absolute Gasteiger partial charge is 0.0701 e. The van der Waals surface area contributed by atoms with Crippen molar-refractivity contribution in [3.8, 4) is 0 Å². The molecule has 0 aromatic carbocycles. The molecule has 7 nitrogen and oxygen atoms in total. The molecule has 7 heteroatoms. The van der Waals surface area contributed by atoms with Gasteiger partial charge < -0.3 is 35.9 Å². The minimum absolute atomic E-state index is 0.574. The first-order valence-electron chi connectivity index (χ1n) is 17.7. The summed E-state index contributed by atoms with van der Waals surface area (Å²) in [5, 5.41) is 3.65. The van der Waals surface area contributed by atoms with Crippen LogP contribution in [0.15, 0.2) is 0 Å². The van der Waals surface area contributed by atoms with Crippen LogP contribution in [0.3, 0.4) is 0 Å². The zero-order valence-corrected chi connectivity index (χ0v) is 27.8. The van der Waals surface area contributed by atoms with Crippen molar-refractivity contribution in [1.29, 1.82) is 0 Å². The molecule has 5 N–H and O–H groups in total. The molecule has 0 saturated heterocycles. The van der Waals surface area contributed by atoms with Gasteiger partial charge in [-0.3, -0.25) is 0 Å². The molecule has 41 heavy (non-hydrogen) atoms. The summed E-state index contributed by atoms with van der Waals surface area (Å²) in [5.41, 5.74) is 10.9. The lowest BCUT2D eigenvalue weighted by atomic mass is 10.1. The number of hydrogen-bond donors (Lipinski definition) is 3. The van der Waals surface area contributed by atoms with Gasteiger partial charge in [-0.15, -0.1) is 0 Å². The topological polar surface area (TPSA) is 95.0 Å². The van der Waals surface area contributed by atoms with Crippen LogP contribution in [0.2, 0.25) is 0 Å². The Balaban J connectivity index is 3.21. The third kappa shape index (κ3) is 35.8. The predicted octanol–water partition coefficient (Wildman–Crippen LogP) is 6.52. The summed E-state index contributed by atoms with van der Waals surface area (Å²) in [5.74, 6) is 0.639. The number of hydrogen-bond acceptors (Lipinski definition) is 7. The minimum Gasteiger partial charge on any atom is -0.381 e. The van der Waals surface area contributed by atoms with Gasteiger partial charge in [-0.1, -0.05) is 71.1 Å². The maximum Gasteiger partial charge on any atom is 0.0701 e. The highest BCUT2D eigenvalue weighted by atomic mass is 16.5. The first-order valence-corrected chi connectivity index (χ1v) is 17.7. The highest BCUT2D eigenvalue weighted by molar-refractivity contribution is 4.57. The van der Waals surface area contributed by atoms with Gasteiger partial charge >= 0.3 is 0 Å². The quantitative estimate of drug-likeness (QED) is 0.0719. The molecule has 248 valence electrons. The summed E-state index contributed by atoms with van der Waals surface area (Å²) >= 11 is 0. The Hall–Kier alpha value is -0.280. The molecular formula is C34H74N4O3. The summed E-state index contributed by atoms with van der Waals surface area (Å²) in [4.78, 5) is 2.50. The molecule has 0 aliphatic heterocycles. The maximum absolute atomic E-state index is 5.86. The summed E-state index contributed by atoms with van der Waals surface area (Å²) < 4.78 is 16.8. The van der Waals surface area contributed by atoms with Crippen LogP contribution in [-0.2, 0) is 14.2 Å². The van der Waals surface area contributed by atoms with E-state index >= 15 is 0 Å². The van der Waals surface area contributed by atoms with E-state index in [0.717, 1.165) is 39.2 Å². The van der Waals surface area contributed by atoms with Crippen molar-refractivity contribution < 1.29 is 14.2 Å². The molecule has 0 saturated carbocycles. The van der Waals surface area contributed by atoms with Crippen molar-refractivity contribution in [3.63, 3.8) is 0 Å². The number of rotatable bonds is 36. The molecule has 0 aromatic heterocycles. The molecule has 0 aromatic rings. The summed E-state index contributed by atoms with van der Waals surface area (Å²) in [6.45, 7) is 13.0. The highest BCUT2D eigenvalue weighted by Crippen LogP contribution is 2.12. The first kappa shape index (κ1) is 40.7. The van der Waals surface area contributed by atoms with Crippen LogP contribution in [0.25, 0.3) is 0 Å². The predicted molar refractivity (Wildman–Crippen MR) is 178 cm³/mol. The van der Waals surface area contributed by atoms with Crippen molar-refractivity contribution in [1.82, 2.24) is 10.2 Å². The zero-order valence-electron chi connectivity index (χ0n) is 27.8. The third-order valence-corrected chi connectivity index (χ3v) is 7.92. The van der Waals surface area contributed by atoms with E-state index in [0.29, 0.717) is 32.3 Å². The second-order valence-corrected chi connectivity index (χ2v) is 12.2. The van der Waals surface area contributed by atoms with Gasteiger partial charge in [0.05, 0.1) is 19.8 Å². The normalized spacial score (nSPS) is 12.5. The maximum atomic E-state index is 5.86. The fourth-order valence-electron chi connectivity index (χ4n) is 5.01. The second kappa shape index (κ2) is 35.9. The second-order valence-electron chi connectivity index (χ2n) is 12.2. The monoisotopic (exact) mass is 587 g/mol. The highest BCUT2D eigenvalue weighted by Gasteiger charge is 2.03. The van der Waals surface area contributed by atoms with Crippen molar-refractivity contribution in [2.75, 3.05) is 86.0 Å². The molecule has 0 fully saturated rings. The van der Waals surface area contributed by atoms with E-state index in [9.17, 15) is 0 Å². The SMILES string of the molecule is CC(CCOCCCCCN(C)CCCCNCCCCCCCCCCCCCCN)CCOCCOCCN. The van der Waals surface area contributed by atoms with Gasteiger partial charge in [0, 0.05) is 26.4 Å². The van der Waals surface area contributed by atoms with Gasteiger partial charge in [0.25, 0.3) is 0 Å². The number of nitrogens with two attached hydrogens (primary N) is 2. The standard InChI is InChI=1S/C34H74N4O3/c1-34(21-30-40-32-33-41-31-23-36)20-29-39-28-19-13-17-26-38(2)27-18-16-25-37-24-15-12-10-8-6-4-3-5-7-9-11-14-22-35/h34,37H,3-33,35-36H2,1-2H3. The average Bonchev–Trinajstić information content (AvgIpc) is 2.97. The van der Waals surface area contributed by atoms with E-state index in [4.69, 9.17) is 25.7 Å². The van der Waals surface area contributed by atoms with E-state index < -0.39 is 0 Å². The van der Waals surface area contributed by atoms with Gasteiger partial charge in [-0.2, -0.15) is 0 Å². The Morgan fingerprint density at radius 3 is 1.49 bits per heavy atom. The fourth-order valence-corrected chi connectivity index (χ4v) is 5.01. The molecule has 1 unspecified atom stereocenters. The molecule has 0 heterocycles. The molecule has 0 aliphatic rings. The van der Waals surface area contributed by atoms with Gasteiger partial charge in [-0.05, 0) is 103 Å². The van der Waals surface area contributed by atoms with Gasteiger partial charge in [-0.25, -0.2) is 0 Å². The summed E-state index contributed by atoms with van der Waals surface area (Å²) in [7, 11) is 2.27. The lowest BCUT2D eigenvalue weighted by Gasteiger charge is -2.16. The lowest BCUT2D eigenvalue weighted by Crippen LogP contribution is -2.23. The average molecular weight is 587 g/mol. The van der Waals surface area contributed by atoms with E-state index in [-0.39, 0.29) is 0 Å². The first-order chi connectivity index (χ1) is 20.2. The van der Waals surface area contributed by atoms with Crippen LogP contribution in [0.4, 0.5) is 0 Å². The number of nitrogens with zero attached hydrogens (tertiary/aromatic N) is 1. The Labute approximate surface area is 256 Å². The van der Waals surface area contributed by atoms with E-state index in [2.05, 4.69) is 24.2 Å². The van der Waals surface area contributed by atoms with Crippen molar-refractivity contribution >= 4 is 0 Å². The van der Waals surface area contributed by atoms with E-state index in [1.54, 1.807) is 0 Å². The van der Waals surface area contributed by atoms with E-state index in [1.807, 2.05) is 0 Å². The van der Waals surface area contributed by atoms with Crippen LogP contribution in [0.1, 0.15) is 129 Å². The van der Waals surface area contributed by atoms with Crippen molar-refractivity contribution in [3.05, 3.63) is 0 Å². The van der Waals surface area contributed by atoms with Crippen molar-refractivity contribution in [2.24, 2.45) is 17.4 Å². The Morgan fingerprint density at radius 1 is 0.488 bits per heavy atom. The Morgan fingerprint density at radius 2 is 0.927 bits per heavy atom. The molecule has 0 spiro atoms. The fraction of sp³-hybridized carbons (Fsp3) is 1.00. The largest absolute Gasteiger partial charge is 0.381 e. The van der Waals surface area contributed by atoms with Gasteiger partial charge in [0.15, 0.2) is 0 Å². The number of ether oxygens (including phenoxy) is 3. The van der Waals surface area contributed by atoms with Crippen LogP contribution in [-0.4, -0.2) is 90.9 Å². The van der Waals surface area contributed by atoms with Gasteiger partial charge in [0.1, 0.15) is 0 Å². The minimum atomic E-state index is 0.574. The molecule has 0 radical (unpaired) electrons. The third-order valence-electron chi connectivity index (χ3n) is 7.92. The summed E-state index contributed by atoms with van der Waals surface area (Å²) in [6.07, 6.45) is 25.1. The Kier molecular flexibility index (Phi) is 35.7. The number of nitrogens with one attached hydrogen (secondary N) is 1. The lowest BCUT2D eigenvalue weighted by molar-refractivity contribution is 0.0437. The molecule has 0 amide bonds. The van der Waals surface area contributed by atoms with Crippen LogP contribution < -0.4 is 16.8 Å². The van der Waals surface area contributed by atoms with E-state index in [1.165, 1.54) is 135 Å². The van der Waals surface area contributed by atoms with Crippen LogP contribution in [0, 0.1) is 5.92 Å². The Bertz CT molecular complexity index is 473. The molecule has 0 bridgehead atoms. The molecule has 0 rings (SSSR count). The van der Waals surface area contributed by atoms with Crippen LogP contribution in [0.5, 0.6) is 0 Å².